The number of hydrogen-bond donors (Lipinski definition) is 2. The summed E-state index contributed by atoms with van der Waals surface area (Å²) in [7, 11) is 0. The highest BCUT2D eigenvalue weighted by molar-refractivity contribution is 7.80. The molecule has 0 fully saturated rings. The van der Waals surface area contributed by atoms with Crippen LogP contribution in [-0.2, 0) is 0 Å². The molecular weight excluding hydrogens is 264 g/mol. The van der Waals surface area contributed by atoms with E-state index >= 15 is 0 Å². The number of anilines is 2. The number of para-hydroxylation sites is 1. The van der Waals surface area contributed by atoms with E-state index in [4.69, 9.17) is 12.2 Å². The van der Waals surface area contributed by atoms with Gasteiger partial charge in [0.15, 0.2) is 5.11 Å². The second-order valence-corrected chi connectivity index (χ2v) is 5.63. The predicted molar refractivity (Wildman–Crippen MR) is 91.7 cm³/mol. The number of thiocarbonyl (C=S) groups is 1. The van der Waals surface area contributed by atoms with Gasteiger partial charge < -0.3 is 10.6 Å². The van der Waals surface area contributed by atoms with E-state index in [0.29, 0.717) is 5.11 Å². The smallest absolute Gasteiger partial charge is 0.175 e. The first-order valence-electron chi connectivity index (χ1n) is 6.68. The maximum absolute atomic E-state index is 5.40. The Morgan fingerprint density at radius 3 is 1.95 bits per heavy atom. The zero-order chi connectivity index (χ0) is 14.7. The van der Waals surface area contributed by atoms with Gasteiger partial charge >= 0.3 is 0 Å². The van der Waals surface area contributed by atoms with Crippen molar-refractivity contribution >= 4 is 28.7 Å². The lowest BCUT2D eigenvalue weighted by atomic mass is 10.1. The first-order chi connectivity index (χ1) is 9.45. The van der Waals surface area contributed by atoms with Crippen molar-refractivity contribution in [3.05, 3.63) is 58.7 Å². The predicted octanol–water partition coefficient (Wildman–Crippen LogP) is 4.73. The topological polar surface area (TPSA) is 24.1 Å². The van der Waals surface area contributed by atoms with E-state index in [2.05, 4.69) is 74.7 Å². The molecule has 0 spiro atoms. The minimum atomic E-state index is 0.618. The summed E-state index contributed by atoms with van der Waals surface area (Å²) in [5.41, 5.74) is 6.93. The van der Waals surface area contributed by atoms with Gasteiger partial charge in [-0.15, -0.1) is 0 Å². The molecule has 0 unspecified atom stereocenters. The summed E-state index contributed by atoms with van der Waals surface area (Å²) in [6, 6.07) is 12.5. The van der Waals surface area contributed by atoms with E-state index in [1.165, 1.54) is 22.3 Å². The zero-order valence-corrected chi connectivity index (χ0v) is 13.2. The van der Waals surface area contributed by atoms with Crippen LogP contribution in [0.2, 0.25) is 0 Å². The molecule has 0 atom stereocenters. The maximum Gasteiger partial charge on any atom is 0.175 e. The van der Waals surface area contributed by atoms with Crippen molar-refractivity contribution in [2.45, 2.75) is 27.7 Å². The highest BCUT2D eigenvalue weighted by atomic mass is 32.1. The van der Waals surface area contributed by atoms with Gasteiger partial charge in [-0.1, -0.05) is 24.3 Å². The third-order valence-electron chi connectivity index (χ3n) is 3.20. The molecule has 0 saturated carbocycles. The lowest BCUT2D eigenvalue weighted by molar-refractivity contribution is 1.37. The highest BCUT2D eigenvalue weighted by Gasteiger charge is 2.05. The molecular formula is C17H20N2S. The molecule has 0 radical (unpaired) electrons. The minimum Gasteiger partial charge on any atom is -0.332 e. The Hall–Kier alpha value is -1.87. The van der Waals surface area contributed by atoms with Crippen LogP contribution in [0.5, 0.6) is 0 Å². The van der Waals surface area contributed by atoms with Gasteiger partial charge in [-0.2, -0.15) is 0 Å². The summed E-state index contributed by atoms with van der Waals surface area (Å²) in [4.78, 5) is 0. The molecule has 2 rings (SSSR count). The lowest BCUT2D eigenvalue weighted by Gasteiger charge is -2.15. The Labute approximate surface area is 126 Å². The van der Waals surface area contributed by atoms with Crippen molar-refractivity contribution in [1.82, 2.24) is 0 Å². The average molecular weight is 284 g/mol. The molecule has 20 heavy (non-hydrogen) atoms. The van der Waals surface area contributed by atoms with E-state index in [1.807, 2.05) is 0 Å². The van der Waals surface area contributed by atoms with Crippen molar-refractivity contribution in [2.24, 2.45) is 0 Å². The number of hydrogen-bond acceptors (Lipinski definition) is 1. The second-order valence-electron chi connectivity index (χ2n) is 5.22. The lowest BCUT2D eigenvalue weighted by Crippen LogP contribution is -2.20. The molecule has 0 aliphatic carbocycles. The van der Waals surface area contributed by atoms with Crippen LogP contribution in [0.3, 0.4) is 0 Å². The van der Waals surface area contributed by atoms with Crippen LogP contribution < -0.4 is 10.6 Å². The van der Waals surface area contributed by atoms with Crippen LogP contribution in [0.15, 0.2) is 36.4 Å². The maximum atomic E-state index is 5.40. The van der Waals surface area contributed by atoms with Gasteiger partial charge in [0.1, 0.15) is 0 Å². The van der Waals surface area contributed by atoms with Gasteiger partial charge in [0, 0.05) is 11.4 Å². The van der Waals surface area contributed by atoms with Gasteiger partial charge in [-0.25, -0.2) is 0 Å². The SMILES string of the molecule is Cc1cc(C)cc(NC(=S)Nc2c(C)cccc2C)c1. The molecule has 2 nitrogen and oxygen atoms in total. The summed E-state index contributed by atoms with van der Waals surface area (Å²) >= 11 is 5.40. The molecule has 104 valence electrons. The fourth-order valence-corrected chi connectivity index (χ4v) is 2.55. The van der Waals surface area contributed by atoms with Gasteiger partial charge in [0.25, 0.3) is 0 Å². The quantitative estimate of drug-likeness (QED) is 0.780. The summed E-state index contributed by atoms with van der Waals surface area (Å²) in [6.07, 6.45) is 0. The minimum absolute atomic E-state index is 0.618. The monoisotopic (exact) mass is 284 g/mol. The van der Waals surface area contributed by atoms with Crippen molar-refractivity contribution in [2.75, 3.05) is 10.6 Å². The van der Waals surface area contributed by atoms with Crippen LogP contribution in [0, 0.1) is 27.7 Å². The molecule has 2 N–H and O–H groups in total. The molecule has 0 aliphatic rings. The van der Waals surface area contributed by atoms with Gasteiger partial charge in [0.05, 0.1) is 0 Å². The van der Waals surface area contributed by atoms with E-state index in [1.54, 1.807) is 0 Å². The van der Waals surface area contributed by atoms with Crippen molar-refractivity contribution in [3.8, 4) is 0 Å². The summed E-state index contributed by atoms with van der Waals surface area (Å²) in [5.74, 6) is 0. The Morgan fingerprint density at radius 2 is 1.40 bits per heavy atom. The van der Waals surface area contributed by atoms with Crippen molar-refractivity contribution in [1.29, 1.82) is 0 Å². The van der Waals surface area contributed by atoms with Gasteiger partial charge in [0.2, 0.25) is 0 Å². The van der Waals surface area contributed by atoms with Crippen LogP contribution in [0.4, 0.5) is 11.4 Å². The normalized spacial score (nSPS) is 10.2. The van der Waals surface area contributed by atoms with E-state index < -0.39 is 0 Å². The Morgan fingerprint density at radius 1 is 0.850 bits per heavy atom. The fraction of sp³-hybridized carbons (Fsp3) is 0.235. The number of benzene rings is 2. The van der Waals surface area contributed by atoms with E-state index in [0.717, 1.165) is 11.4 Å². The first-order valence-corrected chi connectivity index (χ1v) is 7.09. The van der Waals surface area contributed by atoms with Crippen LogP contribution in [0.1, 0.15) is 22.3 Å². The van der Waals surface area contributed by atoms with E-state index in [9.17, 15) is 0 Å². The number of aryl methyl sites for hydroxylation is 4. The Bertz CT molecular complexity index is 607. The zero-order valence-electron chi connectivity index (χ0n) is 12.4. The Kier molecular flexibility index (Phi) is 4.40. The fourth-order valence-electron chi connectivity index (χ4n) is 2.33. The molecule has 2 aromatic carbocycles. The van der Waals surface area contributed by atoms with Crippen LogP contribution in [-0.4, -0.2) is 5.11 Å². The van der Waals surface area contributed by atoms with Crippen molar-refractivity contribution < 1.29 is 0 Å². The average Bonchev–Trinajstić information content (AvgIpc) is 2.32. The first kappa shape index (κ1) is 14.5. The van der Waals surface area contributed by atoms with Gasteiger partial charge in [-0.3, -0.25) is 0 Å². The standard InChI is InChI=1S/C17H20N2S/c1-11-8-12(2)10-15(9-11)18-17(20)19-16-13(3)6-5-7-14(16)4/h5-10H,1-4H3,(H2,18,19,20). The van der Waals surface area contributed by atoms with Crippen LogP contribution >= 0.6 is 12.2 Å². The second kappa shape index (κ2) is 6.06. The molecule has 2 aromatic rings. The summed E-state index contributed by atoms with van der Waals surface area (Å²) in [5, 5.41) is 7.15. The molecule has 0 aliphatic heterocycles. The molecule has 0 bridgehead atoms. The van der Waals surface area contributed by atoms with E-state index in [-0.39, 0.29) is 0 Å². The number of rotatable bonds is 2. The Balaban J connectivity index is 2.13. The molecule has 0 amide bonds. The molecule has 0 saturated heterocycles. The number of nitrogens with one attached hydrogen (secondary N) is 2. The van der Waals surface area contributed by atoms with Gasteiger partial charge in [-0.05, 0) is 74.3 Å². The highest BCUT2D eigenvalue weighted by Crippen LogP contribution is 2.20. The third kappa shape index (κ3) is 3.58. The summed E-state index contributed by atoms with van der Waals surface area (Å²) < 4.78 is 0. The molecule has 0 heterocycles. The largest absolute Gasteiger partial charge is 0.332 e. The van der Waals surface area contributed by atoms with Crippen molar-refractivity contribution in [3.63, 3.8) is 0 Å². The third-order valence-corrected chi connectivity index (χ3v) is 3.40. The summed E-state index contributed by atoms with van der Waals surface area (Å²) in [6.45, 7) is 8.32. The van der Waals surface area contributed by atoms with Crippen LogP contribution in [0.25, 0.3) is 0 Å². The molecule has 0 aromatic heterocycles. The molecule has 3 heteroatoms.